The number of aliphatic hydroxyl groups excluding tert-OH is 1. The van der Waals surface area contributed by atoms with Crippen LogP contribution in [-0.4, -0.2) is 119 Å². The van der Waals surface area contributed by atoms with Crippen molar-refractivity contribution in [3.05, 3.63) is 35.0 Å². The molecule has 1 aromatic carbocycles. The predicted molar refractivity (Wildman–Crippen MR) is 163 cm³/mol. The summed E-state index contributed by atoms with van der Waals surface area (Å²) in [6.45, 7) is 3.30. The van der Waals surface area contributed by atoms with E-state index >= 15 is 0 Å². The Morgan fingerprint density at radius 1 is 1.20 bits per heavy atom. The van der Waals surface area contributed by atoms with Crippen LogP contribution in [0.4, 0.5) is 22.0 Å². The molecule has 3 aliphatic rings. The number of rotatable bonds is 11. The van der Waals surface area contributed by atoms with Gasteiger partial charge in [0.15, 0.2) is 0 Å². The Morgan fingerprint density at radius 2 is 1.96 bits per heavy atom. The van der Waals surface area contributed by atoms with Gasteiger partial charge in [-0.3, -0.25) is 19.3 Å². The minimum atomic E-state index is -4.65. The molecule has 5 rings (SSSR count). The topological polar surface area (TPSA) is 111 Å². The minimum absolute atomic E-state index is 0.00114. The van der Waals surface area contributed by atoms with Gasteiger partial charge >= 0.3 is 6.18 Å². The molecule has 0 spiro atoms. The second-order valence-corrected chi connectivity index (χ2v) is 15.5. The zero-order valence-corrected chi connectivity index (χ0v) is 27.3. The Hall–Kier alpha value is -2.31. The molecule has 2 aromatic rings. The highest BCUT2D eigenvalue weighted by atomic mass is 32.2. The van der Waals surface area contributed by atoms with Crippen LogP contribution in [0.2, 0.25) is 0 Å². The lowest BCUT2D eigenvalue weighted by molar-refractivity contribution is -0.139. The summed E-state index contributed by atoms with van der Waals surface area (Å²) in [5.74, 6) is -2.74. The number of nitrogens with one attached hydrogen (secondary N) is 1. The van der Waals surface area contributed by atoms with Crippen LogP contribution in [0.1, 0.15) is 36.6 Å². The largest absolute Gasteiger partial charge is 0.417 e. The van der Waals surface area contributed by atoms with Crippen LogP contribution >= 0.6 is 11.8 Å². The van der Waals surface area contributed by atoms with E-state index in [0.717, 1.165) is 30.5 Å². The Balaban J connectivity index is 1.40. The van der Waals surface area contributed by atoms with Crippen molar-refractivity contribution in [1.82, 2.24) is 29.2 Å². The standard InChI is InChI=1S/C29H39F5N6O4S2/c1-19(41)35-21-5-8-38(14-21)15-22(42)16-40-25-6-9-39(46(2,43)44)17-23(25)27(36-40)20-3-4-24(29(32,33)34)26(13-20)45-12-11-37-10-7-28(30,31)18-37/h3-4,13,21-22,42H,5-12,14-18H2,1-2H3,(H,35,41). The van der Waals surface area contributed by atoms with Crippen LogP contribution in [0.3, 0.4) is 0 Å². The molecule has 2 unspecified atom stereocenters. The molecule has 46 heavy (non-hydrogen) atoms. The van der Waals surface area contributed by atoms with E-state index in [1.807, 2.05) is 4.90 Å². The summed E-state index contributed by atoms with van der Waals surface area (Å²) in [6.07, 6.45) is -3.61. The highest BCUT2D eigenvalue weighted by Crippen LogP contribution is 2.40. The SMILES string of the molecule is CC(=O)NC1CCN(CC(O)Cn2nc(-c3ccc(C(F)(F)F)c(SCCN4CCC(F)(F)C4)c3)c3c2CCN(S(C)(=O)=O)C3)C1. The van der Waals surface area contributed by atoms with Crippen LogP contribution in [0.25, 0.3) is 11.3 Å². The molecular formula is C29H39F5N6O4S2. The first-order valence-corrected chi connectivity index (χ1v) is 18.0. The number of thioether (sulfide) groups is 1. The fraction of sp³-hybridized carbons (Fsp3) is 0.655. The summed E-state index contributed by atoms with van der Waals surface area (Å²) in [5, 5.41) is 18.6. The zero-order chi connectivity index (χ0) is 33.4. The van der Waals surface area contributed by atoms with Crippen LogP contribution < -0.4 is 5.32 Å². The number of alkyl halides is 5. The van der Waals surface area contributed by atoms with Crippen molar-refractivity contribution in [2.45, 2.75) is 68.4 Å². The monoisotopic (exact) mass is 694 g/mol. The van der Waals surface area contributed by atoms with Gasteiger partial charge in [0.25, 0.3) is 5.92 Å². The third-order valence-electron chi connectivity index (χ3n) is 8.57. The Bertz CT molecular complexity index is 1540. The molecule has 4 heterocycles. The summed E-state index contributed by atoms with van der Waals surface area (Å²) in [6, 6.07) is 3.65. The average molecular weight is 695 g/mol. The molecule has 256 valence electrons. The van der Waals surface area contributed by atoms with Gasteiger partial charge in [-0.1, -0.05) is 6.07 Å². The summed E-state index contributed by atoms with van der Waals surface area (Å²) in [5.41, 5.74) is 1.11. The van der Waals surface area contributed by atoms with Crippen LogP contribution in [0.5, 0.6) is 0 Å². The van der Waals surface area contributed by atoms with Crippen LogP contribution in [-0.2, 0) is 40.5 Å². The number of nitrogens with zero attached hydrogens (tertiary/aromatic N) is 5. The maximum atomic E-state index is 14.0. The molecule has 1 amide bonds. The molecular weight excluding hydrogens is 655 g/mol. The first-order valence-electron chi connectivity index (χ1n) is 15.1. The van der Waals surface area contributed by atoms with Crippen molar-refractivity contribution < 1.29 is 40.3 Å². The van der Waals surface area contributed by atoms with Gasteiger partial charge in [0.1, 0.15) is 0 Å². The van der Waals surface area contributed by atoms with E-state index in [0.29, 0.717) is 48.6 Å². The number of sulfonamides is 1. The van der Waals surface area contributed by atoms with E-state index in [9.17, 15) is 40.3 Å². The van der Waals surface area contributed by atoms with Crippen molar-refractivity contribution in [3.63, 3.8) is 0 Å². The fourth-order valence-electron chi connectivity index (χ4n) is 6.40. The summed E-state index contributed by atoms with van der Waals surface area (Å²) in [7, 11) is -3.57. The number of carbonyl (C=O) groups excluding carboxylic acids is 1. The van der Waals surface area contributed by atoms with E-state index in [1.165, 1.54) is 28.3 Å². The van der Waals surface area contributed by atoms with E-state index in [2.05, 4.69) is 5.32 Å². The lowest BCUT2D eigenvalue weighted by Gasteiger charge is -2.26. The lowest BCUT2D eigenvalue weighted by Crippen LogP contribution is -2.39. The van der Waals surface area contributed by atoms with Gasteiger partial charge in [0.05, 0.1) is 36.7 Å². The van der Waals surface area contributed by atoms with Gasteiger partial charge in [-0.2, -0.15) is 22.6 Å². The number of likely N-dealkylation sites (tertiary alicyclic amines) is 2. The molecule has 2 N–H and O–H groups in total. The number of hydrogen-bond donors (Lipinski definition) is 2. The number of amides is 1. The van der Waals surface area contributed by atoms with E-state index in [4.69, 9.17) is 5.10 Å². The zero-order valence-electron chi connectivity index (χ0n) is 25.7. The van der Waals surface area contributed by atoms with Gasteiger partial charge in [-0.15, -0.1) is 11.8 Å². The highest BCUT2D eigenvalue weighted by Gasteiger charge is 2.38. The Kier molecular flexibility index (Phi) is 10.4. The van der Waals surface area contributed by atoms with Gasteiger partial charge in [0.2, 0.25) is 15.9 Å². The van der Waals surface area contributed by atoms with Gasteiger partial charge in [-0.25, -0.2) is 17.2 Å². The van der Waals surface area contributed by atoms with Gasteiger partial charge < -0.3 is 10.4 Å². The van der Waals surface area contributed by atoms with Crippen molar-refractivity contribution in [2.24, 2.45) is 0 Å². The number of β-amino-alcohol motifs (C(OH)–C–C–N with tert-alkyl or cyclic N) is 1. The third kappa shape index (κ3) is 8.58. The first-order chi connectivity index (χ1) is 21.5. The molecule has 2 fully saturated rings. The number of carbonyl (C=O) groups is 1. The average Bonchev–Trinajstić information content (AvgIpc) is 3.63. The molecule has 2 saturated heterocycles. The highest BCUT2D eigenvalue weighted by molar-refractivity contribution is 7.99. The minimum Gasteiger partial charge on any atom is -0.390 e. The second kappa shape index (κ2) is 13.7. The smallest absolute Gasteiger partial charge is 0.390 e. The summed E-state index contributed by atoms with van der Waals surface area (Å²) in [4.78, 5) is 14.9. The van der Waals surface area contributed by atoms with Crippen LogP contribution in [0, 0.1) is 0 Å². The molecule has 17 heteroatoms. The number of fused-ring (bicyclic) bond motifs is 1. The van der Waals surface area contributed by atoms with Crippen molar-refractivity contribution in [2.75, 3.05) is 57.8 Å². The van der Waals surface area contributed by atoms with Crippen LogP contribution in [0.15, 0.2) is 23.1 Å². The molecule has 0 saturated carbocycles. The summed E-state index contributed by atoms with van der Waals surface area (Å²) < 4.78 is 97.0. The second-order valence-electron chi connectivity index (χ2n) is 12.3. The Morgan fingerprint density at radius 3 is 2.61 bits per heavy atom. The van der Waals surface area contributed by atoms with E-state index < -0.39 is 40.3 Å². The normalized spacial score (nSPS) is 21.9. The number of halogens is 5. The van der Waals surface area contributed by atoms with Gasteiger partial charge in [-0.05, 0) is 18.6 Å². The van der Waals surface area contributed by atoms with E-state index in [1.54, 1.807) is 4.68 Å². The quantitative estimate of drug-likeness (QED) is 0.273. The van der Waals surface area contributed by atoms with Crippen molar-refractivity contribution in [1.29, 1.82) is 0 Å². The molecule has 0 radical (unpaired) electrons. The molecule has 3 aliphatic heterocycles. The fourth-order valence-corrected chi connectivity index (χ4v) is 8.30. The first kappa shape index (κ1) is 35.0. The number of hydrogen-bond acceptors (Lipinski definition) is 8. The summed E-state index contributed by atoms with van der Waals surface area (Å²) >= 11 is 0.932. The molecule has 2 atom stereocenters. The van der Waals surface area contributed by atoms with Crippen molar-refractivity contribution in [3.8, 4) is 11.3 Å². The third-order valence-corrected chi connectivity index (χ3v) is 10.9. The van der Waals surface area contributed by atoms with Gasteiger partial charge in [0, 0.05) is 99.1 Å². The number of aromatic nitrogens is 2. The molecule has 10 nitrogen and oxygen atoms in total. The van der Waals surface area contributed by atoms with Crippen molar-refractivity contribution >= 4 is 27.7 Å². The predicted octanol–water partition coefficient (Wildman–Crippen LogP) is 2.89. The maximum absolute atomic E-state index is 14.0. The maximum Gasteiger partial charge on any atom is 0.417 e. The molecule has 0 aliphatic carbocycles. The lowest BCUT2D eigenvalue weighted by atomic mass is 10.0. The molecule has 1 aromatic heterocycles. The number of aliphatic hydroxyl groups is 1. The molecule has 0 bridgehead atoms. The Labute approximate surface area is 269 Å². The number of benzene rings is 1. The van der Waals surface area contributed by atoms with E-state index in [-0.39, 0.29) is 61.7 Å².